The summed E-state index contributed by atoms with van der Waals surface area (Å²) in [6, 6.07) is 2.19. The first kappa shape index (κ1) is 67.2. The van der Waals surface area contributed by atoms with E-state index in [4.69, 9.17) is 75.4 Å². The zero-order chi connectivity index (χ0) is 63.0. The maximum atomic E-state index is 13.1. The van der Waals surface area contributed by atoms with Gasteiger partial charge >= 0.3 is 31.3 Å². The molecule has 0 amide bonds. The fourth-order valence-corrected chi connectivity index (χ4v) is 10.9. The molecule has 8 heterocycles. The van der Waals surface area contributed by atoms with Crippen molar-refractivity contribution < 1.29 is 76.1 Å². The molecule has 476 valence electrons. The predicted molar refractivity (Wildman–Crippen MR) is 312 cm³/mol. The van der Waals surface area contributed by atoms with Crippen molar-refractivity contribution >= 4 is 95.0 Å². The molecule has 3 fully saturated rings. The fraction of sp³-hybridized carbons (Fsp3) is 0.551. The summed E-state index contributed by atoms with van der Waals surface area (Å²) in [5, 5.41) is 30.3. The second kappa shape index (κ2) is 31.5. The minimum atomic E-state index is -4.06. The summed E-state index contributed by atoms with van der Waals surface area (Å²) >= 11 is 2.82. The third-order valence-electron chi connectivity index (χ3n) is 12.2. The number of aromatic nitrogens is 12. The van der Waals surface area contributed by atoms with Crippen LogP contribution in [-0.2, 0) is 53.3 Å². The summed E-state index contributed by atoms with van der Waals surface area (Å²) < 4.78 is 77.9. The van der Waals surface area contributed by atoms with E-state index in [-0.39, 0.29) is 67.6 Å². The van der Waals surface area contributed by atoms with E-state index in [1.54, 1.807) is 57.8 Å². The summed E-state index contributed by atoms with van der Waals surface area (Å²) in [6.07, 6.45) is 9.51. The Morgan fingerprint density at radius 3 is 1.97 bits per heavy atom. The Balaban J connectivity index is 0.000000176. The number of aliphatic hydroxyl groups excluding tert-OH is 3. The van der Waals surface area contributed by atoms with Crippen molar-refractivity contribution in [1.29, 1.82) is 0 Å². The second-order valence-corrected chi connectivity index (χ2v) is 24.1. The van der Waals surface area contributed by atoms with Crippen LogP contribution in [0, 0.1) is 11.7 Å². The van der Waals surface area contributed by atoms with Crippen molar-refractivity contribution in [2.75, 3.05) is 79.5 Å². The lowest BCUT2D eigenvalue weighted by molar-refractivity contribution is -0.0369. The predicted octanol–water partition coefficient (Wildman–Crippen LogP) is 3.08. The fourth-order valence-electron chi connectivity index (χ4n) is 7.93. The smallest absolute Gasteiger partial charge is 0.432 e. The van der Waals surface area contributed by atoms with Gasteiger partial charge in [-0.25, -0.2) is 43.5 Å². The molecule has 0 aromatic carbocycles. The SMILES string of the molecule is CC(C)OC(=O)OCOP(=O)(CO[C@H](C)Cn1cnc2c(N)ncnc21)OCOC(=O)OC(C)C.Nc1ccn(C2CSC(CO)O2)c(=O)n1.Nc1nc(=O)n(C2CSC(CO)O2)cc1F.Nc1nc(NC2CC2)c2ncn(C3C=CC(CO)C3)c2n1. The average Bonchev–Trinajstić information content (AvgIpc) is 2.75. The van der Waals surface area contributed by atoms with Crippen LogP contribution < -0.4 is 39.6 Å². The number of thioether (sulfide) groups is 2. The molecular weight excluding hydrogens is 1210 g/mol. The quantitative estimate of drug-likeness (QED) is 0.0222. The molecule has 34 nitrogen and oxygen atoms in total. The van der Waals surface area contributed by atoms with E-state index in [1.165, 1.54) is 40.7 Å². The lowest BCUT2D eigenvalue weighted by atomic mass is 10.1. The molecule has 6 aromatic rings. The molecule has 10 rings (SSSR count). The van der Waals surface area contributed by atoms with Gasteiger partial charge in [-0.3, -0.25) is 22.7 Å². The highest BCUT2D eigenvalue weighted by Crippen LogP contribution is 2.48. The highest BCUT2D eigenvalue weighted by Gasteiger charge is 2.32. The first-order chi connectivity index (χ1) is 41.5. The molecular formula is C49H69FN17O17PS2. The number of carbonyl (C=O) groups is 2. The zero-order valence-corrected chi connectivity index (χ0v) is 50.3. The van der Waals surface area contributed by atoms with Crippen molar-refractivity contribution in [3.63, 3.8) is 0 Å². The number of halogens is 1. The Bertz CT molecular complexity index is 3440. The number of fused-ring (bicyclic) bond motifs is 2. The molecule has 2 aliphatic carbocycles. The number of aliphatic hydroxyl groups is 3. The van der Waals surface area contributed by atoms with Crippen LogP contribution >= 0.6 is 31.1 Å². The molecule has 0 bridgehead atoms. The van der Waals surface area contributed by atoms with Gasteiger partial charge in [-0.05, 0) is 59.9 Å². The minimum Gasteiger partial charge on any atom is -0.432 e. The number of imidazole rings is 2. The molecule has 4 aliphatic rings. The van der Waals surface area contributed by atoms with Gasteiger partial charge < -0.3 is 85.9 Å². The molecule has 38 heteroatoms. The Morgan fingerprint density at radius 2 is 1.39 bits per heavy atom. The zero-order valence-electron chi connectivity index (χ0n) is 47.8. The third kappa shape index (κ3) is 19.6. The van der Waals surface area contributed by atoms with Gasteiger partial charge in [-0.2, -0.15) is 19.9 Å². The summed E-state index contributed by atoms with van der Waals surface area (Å²) in [5.41, 5.74) is 22.8. The monoisotopic (exact) mass is 1280 g/mol. The number of nitrogen functional groups attached to an aromatic ring is 4. The number of nitrogens with zero attached hydrogens (tertiary/aromatic N) is 12. The van der Waals surface area contributed by atoms with Crippen molar-refractivity contribution in [2.24, 2.45) is 5.92 Å². The molecule has 0 radical (unpaired) electrons. The summed E-state index contributed by atoms with van der Waals surface area (Å²) in [7, 11) is -4.06. The van der Waals surface area contributed by atoms with Gasteiger partial charge in [0.2, 0.25) is 19.5 Å². The van der Waals surface area contributed by atoms with Gasteiger partial charge in [-0.1, -0.05) is 12.2 Å². The molecule has 2 aliphatic heterocycles. The Kier molecular flexibility index (Phi) is 24.4. The number of rotatable bonds is 21. The van der Waals surface area contributed by atoms with E-state index in [0.717, 1.165) is 47.0 Å². The van der Waals surface area contributed by atoms with Crippen LogP contribution in [0.4, 0.5) is 43.2 Å². The van der Waals surface area contributed by atoms with Gasteiger partial charge in [0.05, 0.1) is 63.0 Å². The summed E-state index contributed by atoms with van der Waals surface area (Å²) in [6.45, 7) is 6.94. The number of nitrogens with one attached hydrogen (secondary N) is 1. The van der Waals surface area contributed by atoms with Crippen LogP contribution in [-0.4, -0.2) is 172 Å². The molecule has 7 atom stereocenters. The van der Waals surface area contributed by atoms with E-state index in [1.807, 2.05) is 10.6 Å². The van der Waals surface area contributed by atoms with Crippen LogP contribution in [0.3, 0.4) is 0 Å². The first-order valence-corrected chi connectivity index (χ1v) is 30.7. The number of allylic oxidation sites excluding steroid dienone is 1. The molecule has 12 N–H and O–H groups in total. The standard InChI is InChI=1S/C19H30N5O10P.C14H18N6O.C8H10FN3O3S.C8H11N3O3S/c1-12(2)33-18(25)28-9-31-35(27,32-10-29-19(26)34-13(3)4)11-30-14(5)6-24-8-23-15-16(20)21-7-22-17(15)24;15-14-18-12(17-9-2-3-9)11-13(19-14)20(7-16-11)10-4-1-8(5-10)6-21;9-4-1-12(8(14)11-7(4)10)5-3-16-6(2-13)15-5;9-5-1-2-11(8(13)10-5)6-4-15-7(3-12)14-6/h7-8,12-14H,6,9-11H2,1-5H3,(H2,20,21,22);1,4,7-10,21H,2-3,5-6H2,(H3,15,17,18,19);1,5-6,13H,2-3H2,(H2,10,11,14);1-2,6-7,12H,3-4H2,(H2,9,10,13)/t14-;;;/m1.../s1. The highest BCUT2D eigenvalue weighted by atomic mass is 32.2. The lowest BCUT2D eigenvalue weighted by Crippen LogP contribution is -2.29. The highest BCUT2D eigenvalue weighted by molar-refractivity contribution is 8.00. The maximum Gasteiger partial charge on any atom is 0.510 e. The lowest BCUT2D eigenvalue weighted by Gasteiger charge is -2.21. The van der Waals surface area contributed by atoms with E-state index in [9.17, 15) is 33.2 Å². The number of ether oxygens (including phenoxy) is 7. The molecule has 6 aromatic heterocycles. The van der Waals surface area contributed by atoms with Crippen molar-refractivity contribution in [3.8, 4) is 0 Å². The van der Waals surface area contributed by atoms with Crippen LogP contribution in [0.25, 0.3) is 22.3 Å². The van der Waals surface area contributed by atoms with E-state index in [0.29, 0.717) is 28.7 Å². The molecule has 87 heavy (non-hydrogen) atoms. The van der Waals surface area contributed by atoms with Gasteiger partial charge in [0, 0.05) is 36.3 Å². The van der Waals surface area contributed by atoms with Crippen LogP contribution in [0.1, 0.15) is 72.4 Å². The minimum absolute atomic E-state index is 0.0572. The molecule has 6 unspecified atom stereocenters. The van der Waals surface area contributed by atoms with Crippen LogP contribution in [0.5, 0.6) is 0 Å². The van der Waals surface area contributed by atoms with Crippen LogP contribution in [0.2, 0.25) is 0 Å². The normalized spacial score (nSPS) is 20.1. The topological polar surface area (TPSA) is 468 Å². The largest absolute Gasteiger partial charge is 0.510 e. The van der Waals surface area contributed by atoms with Crippen molar-refractivity contribution in [2.45, 2.75) is 114 Å². The van der Waals surface area contributed by atoms with E-state index in [2.05, 4.69) is 51.3 Å². The van der Waals surface area contributed by atoms with E-state index >= 15 is 0 Å². The maximum absolute atomic E-state index is 13.1. The van der Waals surface area contributed by atoms with E-state index < -0.39 is 92.8 Å². The number of carbonyl (C=O) groups excluding carboxylic acids is 2. The number of anilines is 5. The summed E-state index contributed by atoms with van der Waals surface area (Å²) in [5.74, 6) is 1.50. The summed E-state index contributed by atoms with van der Waals surface area (Å²) in [4.78, 5) is 78.1. The Hall–Kier alpha value is -7.32. The second-order valence-electron chi connectivity index (χ2n) is 19.7. The van der Waals surface area contributed by atoms with Gasteiger partial charge in [0.15, 0.2) is 40.1 Å². The van der Waals surface area contributed by atoms with Gasteiger partial charge in [-0.15, -0.1) is 23.5 Å². The van der Waals surface area contributed by atoms with Crippen molar-refractivity contribution in [1.82, 2.24) is 58.1 Å². The molecule has 0 spiro atoms. The van der Waals surface area contributed by atoms with Crippen molar-refractivity contribution in [3.05, 3.63) is 76.4 Å². The molecule has 1 saturated carbocycles. The molecule has 2 saturated heterocycles. The average molecular weight is 1280 g/mol. The Labute approximate surface area is 503 Å². The van der Waals surface area contributed by atoms with Crippen LogP contribution in [0.15, 0.2) is 59.2 Å². The number of nitrogens with two attached hydrogens (primary N) is 4. The first-order valence-electron chi connectivity index (χ1n) is 26.8. The van der Waals surface area contributed by atoms with Gasteiger partial charge in [0.1, 0.15) is 47.3 Å². The van der Waals surface area contributed by atoms with Gasteiger partial charge in [0.25, 0.3) is 0 Å². The number of hydrogen-bond donors (Lipinski definition) is 8. The Morgan fingerprint density at radius 1 is 0.770 bits per heavy atom. The third-order valence-corrected chi connectivity index (χ3v) is 15.9. The number of hydrogen-bond acceptors (Lipinski definition) is 32.